The number of carbonyl (C=O) groups excluding carboxylic acids is 1. The number of aliphatic hydroxyl groups excluding tert-OH is 1. The lowest BCUT2D eigenvalue weighted by atomic mass is 9.89. The number of nitrogens with one attached hydrogen (secondary N) is 1. The van der Waals surface area contributed by atoms with Crippen molar-refractivity contribution in [3.05, 3.63) is 21.3 Å². The Bertz CT molecular complexity index is 525. The van der Waals surface area contributed by atoms with Crippen LogP contribution in [0, 0.1) is 5.92 Å². The molecule has 0 saturated carbocycles. The predicted octanol–water partition coefficient (Wildman–Crippen LogP) is 2.47. The normalized spacial score (nSPS) is 28.8. The maximum absolute atomic E-state index is 12.4. The van der Waals surface area contributed by atoms with Crippen molar-refractivity contribution in [2.75, 3.05) is 19.8 Å². The van der Waals surface area contributed by atoms with Crippen LogP contribution in [0.25, 0.3) is 0 Å². The van der Waals surface area contributed by atoms with Crippen LogP contribution in [0.2, 0.25) is 4.34 Å². The molecule has 0 spiro atoms. The summed E-state index contributed by atoms with van der Waals surface area (Å²) in [6, 6.07) is 3.77. The molecule has 5 nitrogen and oxygen atoms in total. The molecule has 0 aromatic carbocycles. The highest BCUT2D eigenvalue weighted by Crippen LogP contribution is 2.30. The average Bonchev–Trinajstić information content (AvgIpc) is 3.14. The van der Waals surface area contributed by atoms with Gasteiger partial charge < -0.3 is 20.1 Å². The fraction of sp³-hybridized carbons (Fsp3) is 0.667. The summed E-state index contributed by atoms with van der Waals surface area (Å²) in [5.74, 6) is 0.0261. The molecule has 3 rings (SSSR count). The van der Waals surface area contributed by atoms with Gasteiger partial charge in [0, 0.05) is 30.0 Å². The van der Waals surface area contributed by atoms with Gasteiger partial charge in [0.1, 0.15) is 0 Å². The molecule has 0 radical (unpaired) electrons. The van der Waals surface area contributed by atoms with E-state index in [0.29, 0.717) is 26.2 Å². The Morgan fingerprint density at radius 1 is 1.50 bits per heavy atom. The summed E-state index contributed by atoms with van der Waals surface area (Å²) in [6.45, 7) is 2.37. The first-order valence-electron chi connectivity index (χ1n) is 7.69. The van der Waals surface area contributed by atoms with Crippen LogP contribution >= 0.6 is 22.9 Å². The first kappa shape index (κ1) is 16.1. The van der Waals surface area contributed by atoms with Crippen LogP contribution in [0.5, 0.6) is 0 Å². The highest BCUT2D eigenvalue weighted by atomic mass is 35.5. The van der Waals surface area contributed by atoms with Crippen LogP contribution in [0.15, 0.2) is 12.1 Å². The molecule has 1 aromatic heterocycles. The van der Waals surface area contributed by atoms with Gasteiger partial charge in [0.2, 0.25) is 0 Å². The van der Waals surface area contributed by atoms with Gasteiger partial charge in [-0.05, 0) is 31.4 Å². The minimum atomic E-state index is -0.372. The third-order valence-electron chi connectivity index (χ3n) is 4.46. The smallest absolute Gasteiger partial charge is 0.317 e. The van der Waals surface area contributed by atoms with E-state index in [0.717, 1.165) is 28.6 Å². The van der Waals surface area contributed by atoms with E-state index >= 15 is 0 Å². The van der Waals surface area contributed by atoms with Crippen LogP contribution < -0.4 is 5.32 Å². The van der Waals surface area contributed by atoms with Crippen molar-refractivity contribution in [1.29, 1.82) is 0 Å². The van der Waals surface area contributed by atoms with Crippen molar-refractivity contribution in [2.24, 2.45) is 5.92 Å². The van der Waals surface area contributed by atoms with E-state index in [2.05, 4.69) is 5.32 Å². The quantitative estimate of drug-likeness (QED) is 0.885. The van der Waals surface area contributed by atoms with Crippen LogP contribution in [0.1, 0.15) is 24.1 Å². The summed E-state index contributed by atoms with van der Waals surface area (Å²) in [5.41, 5.74) is 0. The summed E-state index contributed by atoms with van der Waals surface area (Å²) in [4.78, 5) is 15.3. The van der Waals surface area contributed by atoms with E-state index in [1.807, 2.05) is 17.0 Å². The maximum atomic E-state index is 12.4. The lowest BCUT2D eigenvalue weighted by Crippen LogP contribution is -2.50. The Morgan fingerprint density at radius 2 is 2.36 bits per heavy atom. The van der Waals surface area contributed by atoms with Gasteiger partial charge in [0.05, 0.1) is 23.6 Å². The van der Waals surface area contributed by atoms with Crippen molar-refractivity contribution in [3.63, 3.8) is 0 Å². The van der Waals surface area contributed by atoms with Crippen molar-refractivity contribution < 1.29 is 14.6 Å². The van der Waals surface area contributed by atoms with Crippen LogP contribution in [-0.2, 0) is 11.3 Å². The Morgan fingerprint density at radius 3 is 3.09 bits per heavy atom. The molecule has 3 atom stereocenters. The molecule has 22 heavy (non-hydrogen) atoms. The van der Waals surface area contributed by atoms with Crippen molar-refractivity contribution in [2.45, 2.75) is 38.0 Å². The Kier molecular flexibility index (Phi) is 5.23. The number of hydrogen-bond acceptors (Lipinski definition) is 4. The molecule has 0 bridgehead atoms. The molecule has 122 valence electrons. The minimum absolute atomic E-state index is 0.0261. The molecule has 1 aromatic rings. The molecule has 0 unspecified atom stereocenters. The largest absolute Gasteiger partial charge is 0.393 e. The number of carbonyl (C=O) groups is 1. The first-order chi connectivity index (χ1) is 10.6. The van der Waals surface area contributed by atoms with Gasteiger partial charge in [-0.2, -0.15) is 0 Å². The summed E-state index contributed by atoms with van der Waals surface area (Å²) in [6.07, 6.45) is 2.20. The van der Waals surface area contributed by atoms with Gasteiger partial charge in [-0.25, -0.2) is 4.79 Å². The van der Waals surface area contributed by atoms with Gasteiger partial charge in [-0.1, -0.05) is 11.6 Å². The fourth-order valence-corrected chi connectivity index (χ4v) is 4.34. The van der Waals surface area contributed by atoms with Crippen LogP contribution in [-0.4, -0.2) is 47.9 Å². The zero-order valence-electron chi connectivity index (χ0n) is 12.3. The van der Waals surface area contributed by atoms with Gasteiger partial charge in [0.25, 0.3) is 0 Å². The number of aliphatic hydroxyl groups is 1. The third-order valence-corrected chi connectivity index (χ3v) is 5.69. The fourth-order valence-electron chi connectivity index (χ4n) is 3.32. The first-order valence-corrected chi connectivity index (χ1v) is 8.89. The standard InChI is InChI=1S/C15H21ClN2O3S/c16-14-4-3-10(22-14)8-17-15(20)18-6-1-2-12(18)11-9-21-7-5-13(11)19/h3-4,11-13,19H,1-2,5-9H2,(H,17,20)/t11-,12-,13-/m1/s1. The number of ether oxygens (including phenoxy) is 1. The highest BCUT2D eigenvalue weighted by molar-refractivity contribution is 7.16. The van der Waals surface area contributed by atoms with Crippen molar-refractivity contribution >= 4 is 29.0 Å². The third kappa shape index (κ3) is 3.56. The molecule has 2 aliphatic heterocycles. The average molecular weight is 345 g/mol. The van der Waals surface area contributed by atoms with E-state index in [1.165, 1.54) is 11.3 Å². The van der Waals surface area contributed by atoms with E-state index in [-0.39, 0.29) is 24.1 Å². The number of nitrogens with zero attached hydrogens (tertiary/aromatic N) is 1. The lowest BCUT2D eigenvalue weighted by molar-refractivity contribution is -0.0576. The highest BCUT2D eigenvalue weighted by Gasteiger charge is 2.39. The number of halogens is 1. The topological polar surface area (TPSA) is 61.8 Å². The summed E-state index contributed by atoms with van der Waals surface area (Å²) >= 11 is 7.37. The number of amides is 2. The van der Waals surface area contributed by atoms with Crippen molar-refractivity contribution in [3.8, 4) is 0 Å². The number of thiophene rings is 1. The number of rotatable bonds is 3. The number of hydrogen-bond donors (Lipinski definition) is 2. The minimum Gasteiger partial charge on any atom is -0.393 e. The van der Waals surface area contributed by atoms with Gasteiger partial charge in [-0.15, -0.1) is 11.3 Å². The Hall–Kier alpha value is -0.820. The second-order valence-corrected chi connectivity index (χ2v) is 7.66. The maximum Gasteiger partial charge on any atom is 0.317 e. The monoisotopic (exact) mass is 344 g/mol. The Labute approximate surface area is 139 Å². The molecule has 2 amide bonds. The summed E-state index contributed by atoms with van der Waals surface area (Å²) < 4.78 is 6.22. The van der Waals surface area contributed by atoms with Crippen LogP contribution in [0.3, 0.4) is 0 Å². The van der Waals surface area contributed by atoms with Gasteiger partial charge in [-0.3, -0.25) is 0 Å². The Balaban J connectivity index is 1.58. The SMILES string of the molecule is O=C(NCc1ccc(Cl)s1)N1CCC[C@@H]1[C@H]1COCC[C@H]1O. The second kappa shape index (κ2) is 7.17. The molecular formula is C15H21ClN2O3S. The van der Waals surface area contributed by atoms with Crippen LogP contribution in [0.4, 0.5) is 4.79 Å². The van der Waals surface area contributed by atoms with E-state index in [9.17, 15) is 9.90 Å². The molecular weight excluding hydrogens is 324 g/mol. The van der Waals surface area contributed by atoms with Gasteiger partial charge in [0.15, 0.2) is 0 Å². The molecule has 7 heteroatoms. The summed E-state index contributed by atoms with van der Waals surface area (Å²) in [7, 11) is 0. The van der Waals surface area contributed by atoms with E-state index in [1.54, 1.807) is 0 Å². The number of urea groups is 1. The van der Waals surface area contributed by atoms with Gasteiger partial charge >= 0.3 is 6.03 Å². The van der Waals surface area contributed by atoms with E-state index in [4.69, 9.17) is 16.3 Å². The zero-order valence-corrected chi connectivity index (χ0v) is 13.9. The molecule has 2 N–H and O–H groups in total. The molecule has 2 fully saturated rings. The molecule has 0 aliphatic carbocycles. The summed E-state index contributed by atoms with van der Waals surface area (Å²) in [5, 5.41) is 13.1. The second-order valence-electron chi connectivity index (χ2n) is 5.86. The lowest BCUT2D eigenvalue weighted by Gasteiger charge is -2.36. The van der Waals surface area contributed by atoms with Crippen molar-refractivity contribution in [1.82, 2.24) is 10.2 Å². The number of likely N-dealkylation sites (tertiary alicyclic amines) is 1. The predicted molar refractivity (Wildman–Crippen MR) is 86.2 cm³/mol. The molecule has 2 saturated heterocycles. The van der Waals surface area contributed by atoms with E-state index < -0.39 is 0 Å². The zero-order chi connectivity index (χ0) is 15.5. The molecule has 3 heterocycles. The molecule has 2 aliphatic rings.